The Morgan fingerprint density at radius 1 is 1.18 bits per heavy atom. The number of anilines is 1. The number of nitrogens with zero attached hydrogens (tertiary/aromatic N) is 3. The molecule has 0 radical (unpaired) electrons. The lowest BCUT2D eigenvalue weighted by Crippen LogP contribution is -2.06. The second-order valence-electron chi connectivity index (χ2n) is 5.05. The largest absolute Gasteiger partial charge is 0.372 e. The molecule has 5 nitrogen and oxygen atoms in total. The predicted octanol–water partition coefficient (Wildman–Crippen LogP) is 2.80. The van der Waals surface area contributed by atoms with Crippen LogP contribution in [0.4, 0.5) is 5.82 Å². The highest BCUT2D eigenvalue weighted by atomic mass is 16.1. The van der Waals surface area contributed by atoms with E-state index >= 15 is 0 Å². The lowest BCUT2D eigenvalue weighted by molar-refractivity contribution is 0.0992. The zero-order chi connectivity index (χ0) is 15.5. The van der Waals surface area contributed by atoms with Crippen LogP contribution >= 0.6 is 0 Å². The maximum Gasteiger partial charge on any atom is 0.180 e. The minimum absolute atomic E-state index is 0.0738. The van der Waals surface area contributed by atoms with Crippen LogP contribution in [0.1, 0.15) is 21.6 Å². The van der Waals surface area contributed by atoms with E-state index in [4.69, 9.17) is 0 Å². The number of hydrogen-bond acceptors (Lipinski definition) is 5. The summed E-state index contributed by atoms with van der Waals surface area (Å²) in [5.41, 5.74) is 3.67. The molecule has 5 heteroatoms. The molecule has 0 spiro atoms. The molecule has 0 aliphatic carbocycles. The lowest BCUT2D eigenvalue weighted by Gasteiger charge is -2.07. The molecular formula is C17H16N4O. The Balaban J connectivity index is 1.94. The summed E-state index contributed by atoms with van der Waals surface area (Å²) in [6.45, 7) is 1.89. The fraction of sp³-hybridized carbons (Fsp3) is 0.176. The molecule has 0 unspecified atom stereocenters. The standard InChI is InChI=1S/C17H16N4O/c1-11-13(9-15(22)12-6-4-3-5-7-12)8-14-17(20-11)21-16(18-2)10-19-14/h3-8,10H,9H2,1-2H3,(H,18,20,21). The van der Waals surface area contributed by atoms with E-state index < -0.39 is 0 Å². The zero-order valence-corrected chi connectivity index (χ0v) is 12.5. The first-order valence-corrected chi connectivity index (χ1v) is 7.06. The number of carbonyl (C=O) groups is 1. The fourth-order valence-electron chi connectivity index (χ4n) is 2.27. The number of nitrogens with one attached hydrogen (secondary N) is 1. The second-order valence-corrected chi connectivity index (χ2v) is 5.05. The minimum atomic E-state index is 0.0738. The monoisotopic (exact) mass is 292 g/mol. The van der Waals surface area contributed by atoms with Gasteiger partial charge in [-0.25, -0.2) is 15.0 Å². The van der Waals surface area contributed by atoms with E-state index in [9.17, 15) is 4.79 Å². The van der Waals surface area contributed by atoms with Crippen molar-refractivity contribution in [2.75, 3.05) is 12.4 Å². The van der Waals surface area contributed by atoms with Crippen LogP contribution < -0.4 is 5.32 Å². The van der Waals surface area contributed by atoms with Gasteiger partial charge in [0, 0.05) is 24.7 Å². The molecule has 1 N–H and O–H groups in total. The molecule has 22 heavy (non-hydrogen) atoms. The molecule has 0 saturated heterocycles. The molecular weight excluding hydrogens is 276 g/mol. The number of carbonyl (C=O) groups excluding carboxylic acids is 1. The van der Waals surface area contributed by atoms with E-state index in [0.29, 0.717) is 29.0 Å². The number of Topliss-reactive ketones (excluding diaryl/α,β-unsaturated/α-hetero) is 1. The van der Waals surface area contributed by atoms with Gasteiger partial charge >= 0.3 is 0 Å². The van der Waals surface area contributed by atoms with Crippen LogP contribution in [0.25, 0.3) is 11.2 Å². The number of fused-ring (bicyclic) bond motifs is 1. The van der Waals surface area contributed by atoms with Crippen molar-refractivity contribution in [3.05, 3.63) is 59.4 Å². The zero-order valence-electron chi connectivity index (χ0n) is 12.5. The summed E-state index contributed by atoms with van der Waals surface area (Å²) in [7, 11) is 1.79. The Bertz CT molecular complexity index is 831. The molecule has 3 aromatic rings. The lowest BCUT2D eigenvalue weighted by atomic mass is 10.0. The fourth-order valence-corrected chi connectivity index (χ4v) is 2.27. The molecule has 0 bridgehead atoms. The highest BCUT2D eigenvalue weighted by molar-refractivity contribution is 5.97. The Labute approximate surface area is 128 Å². The third-order valence-electron chi connectivity index (χ3n) is 3.53. The summed E-state index contributed by atoms with van der Waals surface area (Å²) in [4.78, 5) is 25.5. The van der Waals surface area contributed by atoms with Crippen molar-refractivity contribution in [1.29, 1.82) is 0 Å². The summed E-state index contributed by atoms with van der Waals surface area (Å²) in [5.74, 6) is 0.747. The summed E-state index contributed by atoms with van der Waals surface area (Å²) in [5, 5.41) is 2.94. The molecule has 2 heterocycles. The van der Waals surface area contributed by atoms with Crippen LogP contribution in [-0.4, -0.2) is 27.8 Å². The summed E-state index contributed by atoms with van der Waals surface area (Å²) in [6.07, 6.45) is 1.97. The maximum absolute atomic E-state index is 12.3. The van der Waals surface area contributed by atoms with Crippen molar-refractivity contribution in [3.8, 4) is 0 Å². The molecule has 0 amide bonds. The van der Waals surface area contributed by atoms with Gasteiger partial charge < -0.3 is 5.32 Å². The average Bonchev–Trinajstić information content (AvgIpc) is 2.56. The van der Waals surface area contributed by atoms with Gasteiger partial charge in [0.2, 0.25) is 0 Å². The van der Waals surface area contributed by atoms with Crippen LogP contribution in [0.5, 0.6) is 0 Å². The van der Waals surface area contributed by atoms with Gasteiger partial charge in [0.25, 0.3) is 0 Å². The second kappa shape index (κ2) is 5.89. The number of pyridine rings is 1. The quantitative estimate of drug-likeness (QED) is 0.749. The molecule has 0 atom stereocenters. The van der Waals surface area contributed by atoms with Crippen molar-refractivity contribution in [3.63, 3.8) is 0 Å². The van der Waals surface area contributed by atoms with Crippen LogP contribution in [0.3, 0.4) is 0 Å². The normalized spacial score (nSPS) is 10.6. The van der Waals surface area contributed by atoms with Gasteiger partial charge in [-0.1, -0.05) is 30.3 Å². The Morgan fingerprint density at radius 2 is 1.95 bits per heavy atom. The van der Waals surface area contributed by atoms with E-state index in [1.165, 1.54) is 0 Å². The van der Waals surface area contributed by atoms with E-state index in [-0.39, 0.29) is 5.78 Å². The predicted molar refractivity (Wildman–Crippen MR) is 86.1 cm³/mol. The Kier molecular flexibility index (Phi) is 3.78. The summed E-state index contributed by atoms with van der Waals surface area (Å²) >= 11 is 0. The number of rotatable bonds is 4. The number of ketones is 1. The molecule has 3 rings (SSSR count). The van der Waals surface area contributed by atoms with E-state index in [0.717, 1.165) is 11.3 Å². The maximum atomic E-state index is 12.3. The third-order valence-corrected chi connectivity index (χ3v) is 3.53. The van der Waals surface area contributed by atoms with Crippen molar-refractivity contribution >= 4 is 22.8 Å². The average molecular weight is 292 g/mol. The van der Waals surface area contributed by atoms with Gasteiger partial charge in [-0.3, -0.25) is 4.79 Å². The Morgan fingerprint density at radius 3 is 2.68 bits per heavy atom. The number of hydrogen-bond donors (Lipinski definition) is 1. The van der Waals surface area contributed by atoms with Crippen molar-refractivity contribution < 1.29 is 4.79 Å². The first kappa shape index (κ1) is 14.1. The molecule has 0 saturated carbocycles. The summed E-state index contributed by atoms with van der Waals surface area (Å²) < 4.78 is 0. The van der Waals surface area contributed by atoms with Gasteiger partial charge in [-0.05, 0) is 18.6 Å². The topological polar surface area (TPSA) is 67.8 Å². The molecule has 0 aliphatic heterocycles. The van der Waals surface area contributed by atoms with Gasteiger partial charge in [-0.15, -0.1) is 0 Å². The van der Waals surface area contributed by atoms with E-state index in [2.05, 4.69) is 20.3 Å². The van der Waals surface area contributed by atoms with Gasteiger partial charge in [0.05, 0.1) is 6.20 Å². The number of aromatic nitrogens is 3. The highest BCUT2D eigenvalue weighted by Crippen LogP contribution is 2.17. The van der Waals surface area contributed by atoms with Crippen LogP contribution in [0.2, 0.25) is 0 Å². The van der Waals surface area contributed by atoms with Gasteiger partial charge in [-0.2, -0.15) is 0 Å². The first-order chi connectivity index (χ1) is 10.7. The molecule has 0 fully saturated rings. The van der Waals surface area contributed by atoms with Crippen molar-refractivity contribution in [2.24, 2.45) is 0 Å². The van der Waals surface area contributed by atoms with Crippen molar-refractivity contribution in [1.82, 2.24) is 15.0 Å². The Hall–Kier alpha value is -2.82. The van der Waals surface area contributed by atoms with Gasteiger partial charge in [0.1, 0.15) is 11.3 Å². The van der Waals surface area contributed by atoms with Crippen molar-refractivity contribution in [2.45, 2.75) is 13.3 Å². The smallest absolute Gasteiger partial charge is 0.180 e. The van der Waals surface area contributed by atoms with Crippen LogP contribution in [0, 0.1) is 6.92 Å². The first-order valence-electron chi connectivity index (χ1n) is 7.06. The minimum Gasteiger partial charge on any atom is -0.372 e. The van der Waals surface area contributed by atoms with E-state index in [1.807, 2.05) is 43.3 Å². The molecule has 2 aromatic heterocycles. The number of aryl methyl sites for hydroxylation is 1. The SMILES string of the molecule is CNc1cnc2cc(CC(=O)c3ccccc3)c(C)nc2n1. The van der Waals surface area contributed by atoms with E-state index in [1.54, 1.807) is 13.2 Å². The van der Waals surface area contributed by atoms with Gasteiger partial charge in [0.15, 0.2) is 11.4 Å². The van der Waals surface area contributed by atoms with Crippen LogP contribution in [-0.2, 0) is 6.42 Å². The summed E-state index contributed by atoms with van der Waals surface area (Å²) in [6, 6.07) is 11.2. The van der Waals surface area contributed by atoms with Crippen LogP contribution in [0.15, 0.2) is 42.6 Å². The molecule has 0 aliphatic rings. The highest BCUT2D eigenvalue weighted by Gasteiger charge is 2.11. The number of benzene rings is 1. The third kappa shape index (κ3) is 2.79. The molecule has 110 valence electrons. The molecule has 1 aromatic carbocycles.